The number of rotatable bonds is 7. The molecule has 0 aliphatic rings. The molecule has 0 atom stereocenters. The molecule has 0 fully saturated rings. The molecule has 0 amide bonds. The molecule has 0 unspecified atom stereocenters. The van der Waals surface area contributed by atoms with Crippen LogP contribution >= 0.6 is 0 Å². The minimum Gasteiger partial charge on any atom is -0.369 e. The second-order valence-electron chi connectivity index (χ2n) is 3.50. The van der Waals surface area contributed by atoms with Gasteiger partial charge in [-0.05, 0) is 7.05 Å². The SMILES string of the molecule is CCc1nc(NN)cc(NCCS(=O)(=O)NC)n1. The highest BCUT2D eigenvalue weighted by atomic mass is 32.2. The normalized spacial score (nSPS) is 11.3. The molecule has 0 aromatic carbocycles. The van der Waals surface area contributed by atoms with E-state index in [0.29, 0.717) is 23.9 Å². The second kappa shape index (κ2) is 6.47. The lowest BCUT2D eigenvalue weighted by Gasteiger charge is -2.09. The predicted octanol–water partition coefficient (Wildman–Crippen LogP) is -0.714. The van der Waals surface area contributed by atoms with Gasteiger partial charge < -0.3 is 10.7 Å². The van der Waals surface area contributed by atoms with E-state index in [0.717, 1.165) is 0 Å². The molecule has 0 aliphatic carbocycles. The molecule has 0 saturated heterocycles. The van der Waals surface area contributed by atoms with Crippen LogP contribution in [-0.4, -0.2) is 37.7 Å². The second-order valence-corrected chi connectivity index (χ2v) is 5.55. The first-order valence-corrected chi connectivity index (χ1v) is 7.15. The molecule has 0 radical (unpaired) electrons. The van der Waals surface area contributed by atoms with Gasteiger partial charge in [-0.3, -0.25) is 0 Å². The molecule has 0 bridgehead atoms. The molecule has 5 N–H and O–H groups in total. The Labute approximate surface area is 106 Å². The fourth-order valence-electron chi connectivity index (χ4n) is 1.24. The Balaban J connectivity index is 2.67. The van der Waals surface area contributed by atoms with E-state index >= 15 is 0 Å². The van der Waals surface area contributed by atoms with Gasteiger partial charge in [-0.15, -0.1) is 0 Å². The molecule has 1 rings (SSSR count). The molecular weight excluding hydrogens is 256 g/mol. The first-order valence-electron chi connectivity index (χ1n) is 5.50. The van der Waals surface area contributed by atoms with E-state index in [4.69, 9.17) is 5.84 Å². The topological polar surface area (TPSA) is 122 Å². The maximum absolute atomic E-state index is 11.2. The maximum atomic E-state index is 11.2. The number of sulfonamides is 1. The number of aromatic nitrogens is 2. The van der Waals surface area contributed by atoms with Gasteiger partial charge in [0.2, 0.25) is 10.0 Å². The summed E-state index contributed by atoms with van der Waals surface area (Å²) >= 11 is 0. The Hall–Kier alpha value is -1.45. The van der Waals surface area contributed by atoms with Gasteiger partial charge in [0.15, 0.2) is 0 Å². The quantitative estimate of drug-likeness (QED) is 0.382. The first-order chi connectivity index (χ1) is 8.50. The summed E-state index contributed by atoms with van der Waals surface area (Å²) in [5.74, 6) is 6.92. The Morgan fingerprint density at radius 1 is 1.33 bits per heavy atom. The van der Waals surface area contributed by atoms with E-state index in [1.165, 1.54) is 7.05 Å². The summed E-state index contributed by atoms with van der Waals surface area (Å²) in [4.78, 5) is 8.34. The molecule has 0 saturated carbocycles. The van der Waals surface area contributed by atoms with E-state index in [-0.39, 0.29) is 12.3 Å². The van der Waals surface area contributed by atoms with E-state index in [1.54, 1.807) is 6.07 Å². The van der Waals surface area contributed by atoms with E-state index in [2.05, 4.69) is 25.4 Å². The number of hydrogen-bond acceptors (Lipinski definition) is 7. The standard InChI is InChI=1S/C9H18N6O2S/c1-3-7-13-8(6-9(14-7)15-10)12-4-5-18(16,17)11-2/h6,11H,3-5,10H2,1-2H3,(H2,12,13,14,15). The third kappa shape index (κ3) is 4.43. The number of anilines is 2. The smallest absolute Gasteiger partial charge is 0.213 e. The number of nitrogens with one attached hydrogen (secondary N) is 3. The van der Waals surface area contributed by atoms with Crippen molar-refractivity contribution in [3.63, 3.8) is 0 Å². The zero-order chi connectivity index (χ0) is 13.6. The fourth-order valence-corrected chi connectivity index (χ4v) is 1.81. The van der Waals surface area contributed by atoms with Crippen LogP contribution < -0.4 is 21.3 Å². The Morgan fingerprint density at radius 3 is 2.56 bits per heavy atom. The molecule has 8 nitrogen and oxygen atoms in total. The predicted molar refractivity (Wildman–Crippen MR) is 70.6 cm³/mol. The molecule has 18 heavy (non-hydrogen) atoms. The molecular formula is C9H18N6O2S. The van der Waals surface area contributed by atoms with Crippen LogP contribution in [0.3, 0.4) is 0 Å². The largest absolute Gasteiger partial charge is 0.369 e. The van der Waals surface area contributed by atoms with Crippen LogP contribution in [0.4, 0.5) is 11.6 Å². The van der Waals surface area contributed by atoms with Crippen LogP contribution in [0.25, 0.3) is 0 Å². The number of nitrogens with zero attached hydrogens (tertiary/aromatic N) is 2. The highest BCUT2D eigenvalue weighted by Gasteiger charge is 2.07. The van der Waals surface area contributed by atoms with Crippen molar-refractivity contribution in [2.45, 2.75) is 13.3 Å². The molecule has 102 valence electrons. The number of nitrogens with two attached hydrogens (primary N) is 1. The van der Waals surface area contributed by atoms with Crippen LogP contribution in [-0.2, 0) is 16.4 Å². The summed E-state index contributed by atoms with van der Waals surface area (Å²) in [5.41, 5.74) is 2.44. The van der Waals surface area contributed by atoms with Crippen molar-refractivity contribution < 1.29 is 8.42 Å². The fraction of sp³-hybridized carbons (Fsp3) is 0.556. The minimum absolute atomic E-state index is 0.0274. The van der Waals surface area contributed by atoms with Crippen molar-refractivity contribution in [3.8, 4) is 0 Å². The van der Waals surface area contributed by atoms with E-state index < -0.39 is 10.0 Å². The molecule has 1 aromatic heterocycles. The van der Waals surface area contributed by atoms with Crippen LogP contribution in [0.2, 0.25) is 0 Å². The first kappa shape index (κ1) is 14.6. The summed E-state index contributed by atoms with van der Waals surface area (Å²) in [6.45, 7) is 2.18. The summed E-state index contributed by atoms with van der Waals surface area (Å²) in [6, 6.07) is 1.62. The highest BCUT2D eigenvalue weighted by molar-refractivity contribution is 7.89. The van der Waals surface area contributed by atoms with Crippen molar-refractivity contribution in [1.29, 1.82) is 0 Å². The Kier molecular flexibility index (Phi) is 5.25. The van der Waals surface area contributed by atoms with Gasteiger partial charge in [0.05, 0.1) is 5.75 Å². The van der Waals surface area contributed by atoms with Gasteiger partial charge >= 0.3 is 0 Å². The summed E-state index contributed by atoms with van der Waals surface area (Å²) in [6.07, 6.45) is 0.666. The number of aryl methyl sites for hydroxylation is 1. The minimum atomic E-state index is -3.22. The van der Waals surface area contributed by atoms with Crippen molar-refractivity contribution in [1.82, 2.24) is 14.7 Å². The average molecular weight is 274 g/mol. The van der Waals surface area contributed by atoms with Crippen LogP contribution in [0.1, 0.15) is 12.7 Å². The van der Waals surface area contributed by atoms with Crippen molar-refractivity contribution in [2.24, 2.45) is 5.84 Å². The summed E-state index contributed by atoms with van der Waals surface area (Å²) < 4.78 is 24.7. The van der Waals surface area contributed by atoms with Gasteiger partial charge in [0, 0.05) is 19.0 Å². The van der Waals surface area contributed by atoms with Gasteiger partial charge in [0.1, 0.15) is 17.5 Å². The summed E-state index contributed by atoms with van der Waals surface area (Å²) in [5, 5.41) is 2.92. The lowest BCUT2D eigenvalue weighted by molar-refractivity contribution is 0.588. The lowest BCUT2D eigenvalue weighted by Crippen LogP contribution is -2.26. The average Bonchev–Trinajstić information content (AvgIpc) is 2.38. The van der Waals surface area contributed by atoms with E-state index in [9.17, 15) is 8.42 Å². The molecule has 0 spiro atoms. The van der Waals surface area contributed by atoms with Crippen LogP contribution in [0.5, 0.6) is 0 Å². The van der Waals surface area contributed by atoms with E-state index in [1.807, 2.05) is 6.92 Å². The molecule has 0 aliphatic heterocycles. The Morgan fingerprint density at radius 2 is 2.00 bits per heavy atom. The Bertz CT molecular complexity index is 468. The zero-order valence-electron chi connectivity index (χ0n) is 10.4. The van der Waals surface area contributed by atoms with Gasteiger partial charge in [-0.2, -0.15) is 0 Å². The van der Waals surface area contributed by atoms with Crippen molar-refractivity contribution in [2.75, 3.05) is 30.1 Å². The van der Waals surface area contributed by atoms with Gasteiger partial charge in [0.25, 0.3) is 0 Å². The van der Waals surface area contributed by atoms with Crippen LogP contribution in [0.15, 0.2) is 6.07 Å². The monoisotopic (exact) mass is 274 g/mol. The number of nitrogen functional groups attached to an aromatic ring is 1. The van der Waals surface area contributed by atoms with Crippen molar-refractivity contribution >= 4 is 21.7 Å². The maximum Gasteiger partial charge on any atom is 0.213 e. The highest BCUT2D eigenvalue weighted by Crippen LogP contribution is 2.10. The van der Waals surface area contributed by atoms with Crippen molar-refractivity contribution in [3.05, 3.63) is 11.9 Å². The van der Waals surface area contributed by atoms with Crippen LogP contribution in [0, 0.1) is 0 Å². The number of hydrogen-bond donors (Lipinski definition) is 4. The van der Waals surface area contributed by atoms with Gasteiger partial charge in [-0.25, -0.2) is 29.0 Å². The number of hydrazine groups is 1. The molecule has 9 heteroatoms. The third-order valence-corrected chi connectivity index (χ3v) is 3.59. The third-order valence-electron chi connectivity index (χ3n) is 2.22. The summed E-state index contributed by atoms with van der Waals surface area (Å²) in [7, 11) is -1.84. The lowest BCUT2D eigenvalue weighted by atomic mass is 10.4. The van der Waals surface area contributed by atoms with Gasteiger partial charge in [-0.1, -0.05) is 6.92 Å². The molecule has 1 heterocycles. The molecule has 1 aromatic rings. The zero-order valence-corrected chi connectivity index (χ0v) is 11.2.